The summed E-state index contributed by atoms with van der Waals surface area (Å²) in [4.78, 5) is 8.28. The summed E-state index contributed by atoms with van der Waals surface area (Å²) in [7, 11) is 0. The number of thiophene rings is 1. The smallest absolute Gasteiger partial charge is 0.136 e. The molecule has 17 heavy (non-hydrogen) atoms. The predicted octanol–water partition coefficient (Wildman–Crippen LogP) is 2.04. The van der Waals surface area contributed by atoms with Crippen molar-refractivity contribution in [3.05, 3.63) is 29.9 Å². The van der Waals surface area contributed by atoms with Gasteiger partial charge in [-0.1, -0.05) is 0 Å². The second-order valence-electron chi connectivity index (χ2n) is 3.75. The molecule has 1 atom stereocenters. The molecule has 2 aromatic rings. The van der Waals surface area contributed by atoms with Crippen LogP contribution in [0.3, 0.4) is 0 Å². The fourth-order valence-corrected chi connectivity index (χ4v) is 1.89. The Bertz CT molecular complexity index is 455. The van der Waals surface area contributed by atoms with Gasteiger partial charge in [0.25, 0.3) is 0 Å². The third-order valence-electron chi connectivity index (χ3n) is 2.04. The van der Waals surface area contributed by atoms with Gasteiger partial charge in [-0.05, 0) is 24.4 Å². The van der Waals surface area contributed by atoms with Gasteiger partial charge in [-0.25, -0.2) is 9.97 Å². The van der Waals surface area contributed by atoms with Crippen molar-refractivity contribution in [1.82, 2.24) is 9.97 Å². The first-order chi connectivity index (χ1) is 8.24. The van der Waals surface area contributed by atoms with Gasteiger partial charge in [0, 0.05) is 18.7 Å². The molecular formula is C11H15N5S. The lowest BCUT2D eigenvalue weighted by atomic mass is 10.3. The van der Waals surface area contributed by atoms with Crippen LogP contribution in [-0.4, -0.2) is 22.6 Å². The van der Waals surface area contributed by atoms with Crippen LogP contribution in [0.5, 0.6) is 0 Å². The van der Waals surface area contributed by atoms with Crippen LogP contribution < -0.4 is 16.4 Å². The predicted molar refractivity (Wildman–Crippen MR) is 71.8 cm³/mol. The molecule has 0 spiro atoms. The molecule has 4 N–H and O–H groups in total. The van der Waals surface area contributed by atoms with Gasteiger partial charge in [0.15, 0.2) is 0 Å². The summed E-state index contributed by atoms with van der Waals surface area (Å²) in [6, 6.07) is 5.95. The fourth-order valence-electron chi connectivity index (χ4n) is 1.26. The SMILES string of the molecule is CC(N)CNc1cc(Nc2cccs2)ncn1. The van der Waals surface area contributed by atoms with Crippen molar-refractivity contribution in [2.45, 2.75) is 13.0 Å². The Balaban J connectivity index is 2.01. The van der Waals surface area contributed by atoms with Crippen molar-refractivity contribution in [2.75, 3.05) is 17.2 Å². The maximum absolute atomic E-state index is 5.67. The molecule has 0 aliphatic rings. The zero-order valence-corrected chi connectivity index (χ0v) is 10.4. The minimum absolute atomic E-state index is 0.0960. The average Bonchev–Trinajstić information content (AvgIpc) is 2.80. The number of hydrogen-bond donors (Lipinski definition) is 3. The van der Waals surface area contributed by atoms with Crippen LogP contribution in [0.4, 0.5) is 16.6 Å². The molecule has 0 saturated heterocycles. The molecule has 0 aliphatic heterocycles. The van der Waals surface area contributed by atoms with Gasteiger partial charge >= 0.3 is 0 Å². The molecule has 2 aromatic heterocycles. The molecule has 0 amide bonds. The van der Waals surface area contributed by atoms with Crippen molar-refractivity contribution in [1.29, 1.82) is 0 Å². The summed E-state index contributed by atoms with van der Waals surface area (Å²) in [6.07, 6.45) is 1.53. The number of anilines is 3. The van der Waals surface area contributed by atoms with Gasteiger partial charge in [0.2, 0.25) is 0 Å². The van der Waals surface area contributed by atoms with Crippen molar-refractivity contribution >= 4 is 28.0 Å². The maximum Gasteiger partial charge on any atom is 0.136 e. The molecule has 5 nitrogen and oxygen atoms in total. The van der Waals surface area contributed by atoms with Gasteiger partial charge in [-0.15, -0.1) is 11.3 Å². The Labute approximate surface area is 104 Å². The number of nitrogens with two attached hydrogens (primary N) is 1. The molecular weight excluding hydrogens is 234 g/mol. The van der Waals surface area contributed by atoms with E-state index in [2.05, 4.69) is 20.6 Å². The van der Waals surface area contributed by atoms with Crippen LogP contribution in [0.1, 0.15) is 6.92 Å². The molecule has 0 saturated carbocycles. The molecule has 1 unspecified atom stereocenters. The number of hydrogen-bond acceptors (Lipinski definition) is 6. The van der Waals surface area contributed by atoms with E-state index in [1.807, 2.05) is 30.5 Å². The van der Waals surface area contributed by atoms with Gasteiger partial charge in [0.1, 0.15) is 18.0 Å². The summed E-state index contributed by atoms with van der Waals surface area (Å²) in [5.41, 5.74) is 5.67. The largest absolute Gasteiger partial charge is 0.368 e. The van der Waals surface area contributed by atoms with Crippen LogP contribution in [0.15, 0.2) is 29.9 Å². The van der Waals surface area contributed by atoms with Crippen LogP contribution in [0.25, 0.3) is 0 Å². The maximum atomic E-state index is 5.67. The third kappa shape index (κ3) is 3.69. The highest BCUT2D eigenvalue weighted by Crippen LogP contribution is 2.20. The van der Waals surface area contributed by atoms with Gasteiger partial charge in [-0.2, -0.15) is 0 Å². The molecule has 90 valence electrons. The fraction of sp³-hybridized carbons (Fsp3) is 0.273. The summed E-state index contributed by atoms with van der Waals surface area (Å²) < 4.78 is 0. The minimum atomic E-state index is 0.0960. The Hall–Kier alpha value is -1.66. The van der Waals surface area contributed by atoms with Crippen LogP contribution >= 0.6 is 11.3 Å². The average molecular weight is 249 g/mol. The lowest BCUT2D eigenvalue weighted by Gasteiger charge is -2.09. The Morgan fingerprint density at radius 1 is 1.41 bits per heavy atom. The van der Waals surface area contributed by atoms with E-state index >= 15 is 0 Å². The summed E-state index contributed by atoms with van der Waals surface area (Å²) in [5.74, 6) is 1.55. The number of aromatic nitrogens is 2. The third-order valence-corrected chi connectivity index (χ3v) is 2.83. The normalized spacial score (nSPS) is 12.1. The zero-order valence-electron chi connectivity index (χ0n) is 9.55. The molecule has 0 aromatic carbocycles. The molecule has 0 fully saturated rings. The first-order valence-electron chi connectivity index (χ1n) is 5.36. The van der Waals surface area contributed by atoms with E-state index in [0.29, 0.717) is 6.54 Å². The van der Waals surface area contributed by atoms with E-state index in [4.69, 9.17) is 5.73 Å². The quantitative estimate of drug-likeness (QED) is 0.756. The molecule has 0 aliphatic carbocycles. The Morgan fingerprint density at radius 3 is 2.94 bits per heavy atom. The topological polar surface area (TPSA) is 75.9 Å². The first-order valence-corrected chi connectivity index (χ1v) is 6.24. The van der Waals surface area contributed by atoms with Crippen molar-refractivity contribution in [3.63, 3.8) is 0 Å². The summed E-state index contributed by atoms with van der Waals surface area (Å²) in [6.45, 7) is 2.63. The van der Waals surface area contributed by atoms with E-state index in [1.54, 1.807) is 11.3 Å². The van der Waals surface area contributed by atoms with E-state index in [-0.39, 0.29) is 6.04 Å². The Kier molecular flexibility index (Phi) is 3.89. The molecule has 0 bridgehead atoms. The van der Waals surface area contributed by atoms with E-state index in [9.17, 15) is 0 Å². The van der Waals surface area contributed by atoms with Crippen LogP contribution in [-0.2, 0) is 0 Å². The van der Waals surface area contributed by atoms with Gasteiger partial charge < -0.3 is 16.4 Å². The second-order valence-corrected chi connectivity index (χ2v) is 4.70. The number of nitrogens with one attached hydrogen (secondary N) is 2. The minimum Gasteiger partial charge on any atom is -0.368 e. The molecule has 6 heteroatoms. The van der Waals surface area contributed by atoms with Crippen LogP contribution in [0, 0.1) is 0 Å². The number of nitrogens with zero attached hydrogens (tertiary/aromatic N) is 2. The highest BCUT2D eigenvalue weighted by atomic mass is 32.1. The van der Waals surface area contributed by atoms with E-state index in [0.717, 1.165) is 16.6 Å². The van der Waals surface area contributed by atoms with Crippen LogP contribution in [0.2, 0.25) is 0 Å². The van der Waals surface area contributed by atoms with E-state index in [1.165, 1.54) is 6.33 Å². The second kappa shape index (κ2) is 5.60. The number of rotatable bonds is 5. The molecule has 2 rings (SSSR count). The highest BCUT2D eigenvalue weighted by Gasteiger charge is 2.00. The lowest BCUT2D eigenvalue weighted by Crippen LogP contribution is -2.25. The molecule has 2 heterocycles. The van der Waals surface area contributed by atoms with Crippen molar-refractivity contribution in [3.8, 4) is 0 Å². The zero-order chi connectivity index (χ0) is 12.1. The molecule has 0 radical (unpaired) electrons. The highest BCUT2D eigenvalue weighted by molar-refractivity contribution is 7.14. The van der Waals surface area contributed by atoms with Gasteiger partial charge in [-0.3, -0.25) is 0 Å². The lowest BCUT2D eigenvalue weighted by molar-refractivity contribution is 0.777. The van der Waals surface area contributed by atoms with Crippen molar-refractivity contribution in [2.24, 2.45) is 5.73 Å². The van der Waals surface area contributed by atoms with Crippen molar-refractivity contribution < 1.29 is 0 Å². The standard InChI is InChI=1S/C11H15N5S/c1-8(12)6-13-9-5-10(15-7-14-9)16-11-3-2-4-17-11/h2-5,7-8H,6,12H2,1H3,(H2,13,14,15,16). The monoisotopic (exact) mass is 249 g/mol. The van der Waals surface area contributed by atoms with E-state index < -0.39 is 0 Å². The first kappa shape index (κ1) is 11.8. The van der Waals surface area contributed by atoms with Gasteiger partial charge in [0.05, 0.1) is 5.00 Å². The Morgan fingerprint density at radius 2 is 2.24 bits per heavy atom. The summed E-state index contributed by atoms with van der Waals surface area (Å²) >= 11 is 1.63. The summed E-state index contributed by atoms with van der Waals surface area (Å²) in [5, 5.41) is 9.43.